The predicted octanol–water partition coefficient (Wildman–Crippen LogP) is 0.208. The number of benzene rings is 1. The molecule has 1 rings (SSSR count). The molecule has 0 fully saturated rings. The molecule has 2 N–H and O–H groups in total. The lowest BCUT2D eigenvalue weighted by Gasteiger charge is -2.12. The summed E-state index contributed by atoms with van der Waals surface area (Å²) in [7, 11) is 4.07. The maximum atomic E-state index is 12.3. The van der Waals surface area contributed by atoms with Crippen molar-refractivity contribution in [3.05, 3.63) is 29.8 Å². The van der Waals surface area contributed by atoms with Crippen molar-refractivity contribution < 1.29 is 13.2 Å². The van der Waals surface area contributed by atoms with Gasteiger partial charge in [-0.15, -0.1) is 0 Å². The van der Waals surface area contributed by atoms with Gasteiger partial charge < -0.3 is 15.1 Å². The van der Waals surface area contributed by atoms with E-state index in [9.17, 15) is 13.2 Å². The summed E-state index contributed by atoms with van der Waals surface area (Å²) in [5, 5.41) is 2.80. The molecule has 0 heterocycles. The van der Waals surface area contributed by atoms with Gasteiger partial charge in [-0.05, 0) is 59.4 Å². The van der Waals surface area contributed by atoms with E-state index in [0.29, 0.717) is 25.2 Å². The van der Waals surface area contributed by atoms with Crippen LogP contribution in [0.2, 0.25) is 0 Å². The summed E-state index contributed by atoms with van der Waals surface area (Å²) in [5.74, 6) is -0.265. The molecule has 0 saturated heterocycles. The molecule has 0 spiro atoms. The number of nitrogens with zero attached hydrogens (tertiary/aromatic N) is 2. The highest BCUT2D eigenvalue weighted by Crippen LogP contribution is 2.11. The molecule has 0 aliphatic rings. The molecule has 8 heteroatoms. The van der Waals surface area contributed by atoms with E-state index in [2.05, 4.69) is 10.0 Å². The second-order valence-corrected chi connectivity index (χ2v) is 7.91. The van der Waals surface area contributed by atoms with Crippen molar-refractivity contribution in [3.8, 4) is 0 Å². The third-order valence-electron chi connectivity index (χ3n) is 3.33. The molecule has 0 aliphatic carbocycles. The number of nitrogens with one attached hydrogen (secondary N) is 2. The number of carbonyl (C=O) groups excluding carboxylic acids is 1. The van der Waals surface area contributed by atoms with E-state index in [1.165, 1.54) is 12.1 Å². The third kappa shape index (κ3) is 7.39. The topological polar surface area (TPSA) is 81.8 Å². The van der Waals surface area contributed by atoms with Crippen LogP contribution in [0.25, 0.3) is 0 Å². The molecule has 1 aromatic carbocycles. The number of hydrogen-bond donors (Lipinski definition) is 2. The zero-order valence-corrected chi connectivity index (χ0v) is 15.7. The van der Waals surface area contributed by atoms with Gasteiger partial charge in [-0.3, -0.25) is 4.79 Å². The van der Waals surface area contributed by atoms with Gasteiger partial charge in [0, 0.05) is 25.2 Å². The maximum Gasteiger partial charge on any atom is 0.251 e. The second-order valence-electron chi connectivity index (χ2n) is 6.14. The number of likely N-dealkylation sites (N-methyl/N-ethyl adjacent to an activating group) is 1. The molecule has 0 radical (unpaired) electrons. The lowest BCUT2D eigenvalue weighted by molar-refractivity contribution is 0.0952. The van der Waals surface area contributed by atoms with Gasteiger partial charge in [-0.2, -0.15) is 0 Å². The molecule has 24 heavy (non-hydrogen) atoms. The van der Waals surface area contributed by atoms with E-state index in [0.717, 1.165) is 13.0 Å². The summed E-state index contributed by atoms with van der Waals surface area (Å²) in [5.41, 5.74) is 0.343. The number of carbonyl (C=O) groups is 1. The molecule has 0 aromatic heterocycles. The minimum Gasteiger partial charge on any atom is -0.352 e. The Labute approximate surface area is 145 Å². The fourth-order valence-electron chi connectivity index (χ4n) is 1.99. The van der Waals surface area contributed by atoms with Crippen LogP contribution in [0.3, 0.4) is 0 Å². The first kappa shape index (κ1) is 20.6. The lowest BCUT2D eigenvalue weighted by Crippen LogP contribution is -2.31. The van der Waals surface area contributed by atoms with Crippen molar-refractivity contribution in [1.82, 2.24) is 19.8 Å². The van der Waals surface area contributed by atoms with E-state index in [-0.39, 0.29) is 10.8 Å². The number of sulfonamides is 1. The second kappa shape index (κ2) is 9.73. The molecule has 0 unspecified atom stereocenters. The Balaban J connectivity index is 2.66. The molecule has 1 aromatic rings. The van der Waals surface area contributed by atoms with Crippen LogP contribution in [0.1, 0.15) is 16.8 Å². The predicted molar refractivity (Wildman–Crippen MR) is 95.7 cm³/mol. The Kier molecular flexibility index (Phi) is 8.34. The van der Waals surface area contributed by atoms with Gasteiger partial charge >= 0.3 is 0 Å². The van der Waals surface area contributed by atoms with Crippen LogP contribution in [0.15, 0.2) is 29.2 Å². The lowest BCUT2D eigenvalue weighted by atomic mass is 10.2. The molecule has 0 atom stereocenters. The van der Waals surface area contributed by atoms with Crippen molar-refractivity contribution in [3.63, 3.8) is 0 Å². The van der Waals surface area contributed by atoms with Gasteiger partial charge in [0.05, 0.1) is 4.90 Å². The molecule has 0 aliphatic heterocycles. The Morgan fingerprint density at radius 1 is 1.04 bits per heavy atom. The zero-order chi connectivity index (χ0) is 18.2. The van der Waals surface area contributed by atoms with Crippen molar-refractivity contribution in [1.29, 1.82) is 0 Å². The normalized spacial score (nSPS) is 11.9. The van der Waals surface area contributed by atoms with Crippen LogP contribution in [-0.4, -0.2) is 78.5 Å². The van der Waals surface area contributed by atoms with Crippen LogP contribution < -0.4 is 10.0 Å². The van der Waals surface area contributed by atoms with Crippen molar-refractivity contribution in [2.24, 2.45) is 0 Å². The van der Waals surface area contributed by atoms with E-state index in [1.54, 1.807) is 12.1 Å². The zero-order valence-electron chi connectivity index (χ0n) is 14.9. The highest BCUT2D eigenvalue weighted by Gasteiger charge is 2.15. The Morgan fingerprint density at radius 3 is 2.33 bits per heavy atom. The first-order valence-corrected chi connectivity index (χ1v) is 9.38. The summed E-state index contributed by atoms with van der Waals surface area (Å²) in [6.07, 6.45) is 0.836. The first-order chi connectivity index (χ1) is 11.2. The minimum absolute atomic E-state index is 0.0993. The molecule has 0 bridgehead atoms. The molecular weight excluding hydrogens is 328 g/mol. The summed E-state index contributed by atoms with van der Waals surface area (Å²) >= 11 is 0. The Bertz CT molecular complexity index is 630. The van der Waals surface area contributed by atoms with Crippen LogP contribution >= 0.6 is 0 Å². The minimum atomic E-state index is -3.61. The smallest absolute Gasteiger partial charge is 0.251 e. The molecule has 0 saturated carbocycles. The Hall–Kier alpha value is -1.48. The summed E-state index contributed by atoms with van der Waals surface area (Å²) in [6, 6.07) is 6.08. The van der Waals surface area contributed by atoms with E-state index in [4.69, 9.17) is 0 Å². The van der Waals surface area contributed by atoms with Gasteiger partial charge in [-0.25, -0.2) is 13.1 Å². The van der Waals surface area contributed by atoms with Crippen LogP contribution in [-0.2, 0) is 10.0 Å². The SMILES string of the molecule is CN(C)CCCNC(=O)c1cccc(S(=O)(=O)NCCN(C)C)c1. The highest BCUT2D eigenvalue weighted by molar-refractivity contribution is 7.89. The summed E-state index contributed by atoms with van der Waals surface area (Å²) < 4.78 is 27.0. The van der Waals surface area contributed by atoms with Crippen molar-refractivity contribution >= 4 is 15.9 Å². The van der Waals surface area contributed by atoms with Crippen LogP contribution in [0.4, 0.5) is 0 Å². The average Bonchev–Trinajstić information content (AvgIpc) is 2.50. The summed E-state index contributed by atoms with van der Waals surface area (Å²) in [4.78, 5) is 16.2. The van der Waals surface area contributed by atoms with Gasteiger partial charge in [0.15, 0.2) is 0 Å². The van der Waals surface area contributed by atoms with E-state index in [1.807, 2.05) is 38.0 Å². The average molecular weight is 356 g/mol. The highest BCUT2D eigenvalue weighted by atomic mass is 32.2. The molecule has 7 nitrogen and oxygen atoms in total. The first-order valence-electron chi connectivity index (χ1n) is 7.90. The van der Waals surface area contributed by atoms with Gasteiger partial charge in [0.25, 0.3) is 5.91 Å². The van der Waals surface area contributed by atoms with E-state index >= 15 is 0 Å². The largest absolute Gasteiger partial charge is 0.352 e. The maximum absolute atomic E-state index is 12.3. The fraction of sp³-hybridized carbons (Fsp3) is 0.562. The van der Waals surface area contributed by atoms with Gasteiger partial charge in [0.2, 0.25) is 10.0 Å². The monoisotopic (exact) mass is 356 g/mol. The molecule has 136 valence electrons. The van der Waals surface area contributed by atoms with Gasteiger partial charge in [-0.1, -0.05) is 6.07 Å². The van der Waals surface area contributed by atoms with Gasteiger partial charge in [0.1, 0.15) is 0 Å². The van der Waals surface area contributed by atoms with E-state index < -0.39 is 10.0 Å². The number of amides is 1. The standard InChI is InChI=1S/C16H28N4O3S/c1-19(2)11-6-9-17-16(21)14-7-5-8-15(13-14)24(22,23)18-10-12-20(3)4/h5,7-8,13,18H,6,9-12H2,1-4H3,(H,17,21). The quantitative estimate of drug-likeness (QED) is 0.586. The fourth-order valence-corrected chi connectivity index (χ4v) is 3.06. The Morgan fingerprint density at radius 2 is 1.71 bits per heavy atom. The number of rotatable bonds is 10. The molecule has 1 amide bonds. The van der Waals surface area contributed by atoms with Crippen molar-refractivity contribution in [2.75, 3.05) is 54.4 Å². The van der Waals surface area contributed by atoms with Crippen LogP contribution in [0.5, 0.6) is 0 Å². The molecular formula is C16H28N4O3S. The summed E-state index contributed by atoms with van der Waals surface area (Å²) in [6.45, 7) is 2.35. The van der Waals surface area contributed by atoms with Crippen LogP contribution in [0, 0.1) is 0 Å². The third-order valence-corrected chi connectivity index (χ3v) is 4.78. The number of hydrogen-bond acceptors (Lipinski definition) is 5. The van der Waals surface area contributed by atoms with Crippen molar-refractivity contribution in [2.45, 2.75) is 11.3 Å².